The van der Waals surface area contributed by atoms with Crippen LogP contribution < -0.4 is 11.1 Å². The molecule has 2 aromatic rings. The summed E-state index contributed by atoms with van der Waals surface area (Å²) in [6.45, 7) is 5.89. The summed E-state index contributed by atoms with van der Waals surface area (Å²) in [4.78, 5) is 29.0. The van der Waals surface area contributed by atoms with Crippen molar-refractivity contribution in [3.63, 3.8) is 0 Å². The van der Waals surface area contributed by atoms with E-state index in [1.54, 1.807) is 24.4 Å². The number of hydrogen-bond donors (Lipinski definition) is 2. The number of nitrogens with one attached hydrogen (secondary N) is 1. The summed E-state index contributed by atoms with van der Waals surface area (Å²) in [6, 6.07) is 8.13. The van der Waals surface area contributed by atoms with Crippen molar-refractivity contribution in [1.29, 1.82) is 0 Å². The van der Waals surface area contributed by atoms with Crippen LogP contribution in [0.2, 0.25) is 0 Å². The van der Waals surface area contributed by atoms with Crippen molar-refractivity contribution < 1.29 is 18.0 Å². The third-order valence-corrected chi connectivity index (χ3v) is 8.16. The number of halogens is 1. The van der Waals surface area contributed by atoms with E-state index in [0.717, 1.165) is 0 Å². The van der Waals surface area contributed by atoms with E-state index in [2.05, 4.69) is 32.8 Å². The lowest BCUT2D eigenvalue weighted by Crippen LogP contribution is -2.57. The molecule has 1 saturated heterocycles. The van der Waals surface area contributed by atoms with E-state index < -0.39 is 33.9 Å². The van der Waals surface area contributed by atoms with E-state index in [1.807, 2.05) is 13.0 Å². The molecule has 176 valence electrons. The SMILES string of the molecule is C=C[C@@H](C)[C@@H]1CCCC(C(=O)NCc2ccccn2)N1S(=O)(=O)c1cc(Br)cc(C(N)=O)c1. The van der Waals surface area contributed by atoms with Crippen molar-refractivity contribution in [2.24, 2.45) is 11.7 Å². The van der Waals surface area contributed by atoms with E-state index in [4.69, 9.17) is 5.73 Å². The van der Waals surface area contributed by atoms with Crippen LogP contribution in [0.5, 0.6) is 0 Å². The zero-order valence-corrected chi connectivity index (χ0v) is 20.7. The van der Waals surface area contributed by atoms with Crippen molar-refractivity contribution in [1.82, 2.24) is 14.6 Å². The normalized spacial score (nSPS) is 20.1. The minimum Gasteiger partial charge on any atom is -0.366 e. The molecule has 2 heterocycles. The third-order valence-electron chi connectivity index (χ3n) is 5.79. The number of carbonyl (C=O) groups is 2. The Balaban J connectivity index is 2.00. The number of rotatable bonds is 8. The molecule has 10 heteroatoms. The number of nitrogens with zero attached hydrogens (tertiary/aromatic N) is 2. The van der Waals surface area contributed by atoms with Gasteiger partial charge in [0.25, 0.3) is 0 Å². The second kappa shape index (κ2) is 10.6. The van der Waals surface area contributed by atoms with E-state index >= 15 is 0 Å². The van der Waals surface area contributed by atoms with Gasteiger partial charge in [-0.1, -0.05) is 35.0 Å². The largest absolute Gasteiger partial charge is 0.366 e. The van der Waals surface area contributed by atoms with Gasteiger partial charge in [0.2, 0.25) is 21.8 Å². The molecule has 3 atom stereocenters. The van der Waals surface area contributed by atoms with Crippen LogP contribution in [0.25, 0.3) is 0 Å². The number of sulfonamides is 1. The molecule has 1 aliphatic rings. The third kappa shape index (κ3) is 5.69. The van der Waals surface area contributed by atoms with Gasteiger partial charge in [-0.3, -0.25) is 14.6 Å². The molecule has 0 bridgehead atoms. The first-order valence-corrected chi connectivity index (χ1v) is 12.8. The van der Waals surface area contributed by atoms with Gasteiger partial charge in [-0.05, 0) is 55.5 Å². The highest BCUT2D eigenvalue weighted by atomic mass is 79.9. The van der Waals surface area contributed by atoms with Gasteiger partial charge in [0.15, 0.2) is 0 Å². The van der Waals surface area contributed by atoms with Crippen LogP contribution in [0.15, 0.2) is 64.6 Å². The number of carbonyl (C=O) groups excluding carboxylic acids is 2. The fourth-order valence-electron chi connectivity index (χ4n) is 4.02. The van der Waals surface area contributed by atoms with Crippen LogP contribution in [-0.2, 0) is 21.4 Å². The predicted molar refractivity (Wildman–Crippen MR) is 129 cm³/mol. The first-order chi connectivity index (χ1) is 15.6. The molecule has 1 aromatic carbocycles. The number of aromatic nitrogens is 1. The summed E-state index contributed by atoms with van der Waals surface area (Å²) in [5.41, 5.74) is 6.12. The Morgan fingerprint density at radius 1 is 1.33 bits per heavy atom. The molecule has 0 radical (unpaired) electrons. The van der Waals surface area contributed by atoms with Crippen LogP contribution in [0.1, 0.15) is 42.2 Å². The molecule has 3 rings (SSSR count). The number of hydrogen-bond acceptors (Lipinski definition) is 5. The van der Waals surface area contributed by atoms with Crippen LogP contribution in [0.4, 0.5) is 0 Å². The Labute approximate surface area is 202 Å². The fourth-order valence-corrected chi connectivity index (χ4v) is 6.65. The number of piperidine rings is 1. The Hall–Kier alpha value is -2.56. The van der Waals surface area contributed by atoms with Crippen LogP contribution in [0.3, 0.4) is 0 Å². The maximum Gasteiger partial charge on any atom is 0.248 e. The Morgan fingerprint density at radius 2 is 2.09 bits per heavy atom. The highest BCUT2D eigenvalue weighted by Crippen LogP contribution is 2.35. The summed E-state index contributed by atoms with van der Waals surface area (Å²) in [5, 5.41) is 2.82. The van der Waals surface area contributed by atoms with Gasteiger partial charge in [0.1, 0.15) is 6.04 Å². The van der Waals surface area contributed by atoms with Gasteiger partial charge >= 0.3 is 0 Å². The number of pyridine rings is 1. The average Bonchev–Trinajstić information content (AvgIpc) is 2.81. The summed E-state index contributed by atoms with van der Waals surface area (Å²) < 4.78 is 29.4. The molecule has 0 spiro atoms. The second-order valence-electron chi connectivity index (χ2n) is 8.02. The van der Waals surface area contributed by atoms with Gasteiger partial charge in [-0.2, -0.15) is 4.31 Å². The van der Waals surface area contributed by atoms with Crippen molar-refractivity contribution in [3.05, 3.63) is 71.0 Å². The lowest BCUT2D eigenvalue weighted by Gasteiger charge is -2.42. The maximum atomic E-state index is 13.9. The first kappa shape index (κ1) is 25.1. The highest BCUT2D eigenvalue weighted by Gasteiger charge is 2.44. The Kier molecular flexibility index (Phi) is 8.04. The molecule has 2 amide bonds. The zero-order valence-electron chi connectivity index (χ0n) is 18.3. The van der Waals surface area contributed by atoms with Crippen LogP contribution >= 0.6 is 15.9 Å². The molecule has 1 aromatic heterocycles. The quantitative estimate of drug-likeness (QED) is 0.504. The van der Waals surface area contributed by atoms with Crippen molar-refractivity contribution in [3.8, 4) is 0 Å². The first-order valence-electron chi connectivity index (χ1n) is 10.6. The van der Waals surface area contributed by atoms with Crippen LogP contribution in [0, 0.1) is 5.92 Å². The summed E-state index contributed by atoms with van der Waals surface area (Å²) in [5.74, 6) is -1.32. The molecule has 0 aliphatic carbocycles. The van der Waals surface area contributed by atoms with Gasteiger partial charge in [-0.25, -0.2) is 8.42 Å². The molecule has 33 heavy (non-hydrogen) atoms. The molecule has 3 N–H and O–H groups in total. The minimum atomic E-state index is -4.15. The maximum absolute atomic E-state index is 13.9. The lowest BCUT2D eigenvalue weighted by atomic mass is 9.90. The number of primary amides is 1. The van der Waals surface area contributed by atoms with Gasteiger partial charge in [-0.15, -0.1) is 6.58 Å². The standard InChI is InChI=1S/C23H27BrN4O4S/c1-3-15(2)20-8-6-9-21(23(30)27-14-18-7-4-5-10-26-18)28(20)33(31,32)19-12-16(22(25)29)11-17(24)13-19/h3-5,7,10-13,15,20-21H,1,6,8-9,14H2,2H3,(H2,25,29)(H,27,30)/t15-,20+,21?/m1/s1. The molecule has 8 nitrogen and oxygen atoms in total. The summed E-state index contributed by atoms with van der Waals surface area (Å²) in [6.07, 6.45) is 4.99. The Bertz CT molecular complexity index is 1140. The zero-order chi connectivity index (χ0) is 24.2. The summed E-state index contributed by atoms with van der Waals surface area (Å²) in [7, 11) is -4.15. The van der Waals surface area contributed by atoms with Crippen molar-refractivity contribution in [2.45, 2.75) is 49.7 Å². The van der Waals surface area contributed by atoms with Crippen molar-refractivity contribution in [2.75, 3.05) is 0 Å². The van der Waals surface area contributed by atoms with E-state index in [9.17, 15) is 18.0 Å². The molecule has 0 saturated carbocycles. The topological polar surface area (TPSA) is 122 Å². The molecule has 1 fully saturated rings. The molecular weight excluding hydrogens is 508 g/mol. The molecule has 1 aliphatic heterocycles. The van der Waals surface area contributed by atoms with Gasteiger partial charge in [0, 0.05) is 22.3 Å². The number of amides is 2. The minimum absolute atomic E-state index is 0.0597. The monoisotopic (exact) mass is 534 g/mol. The van der Waals surface area contributed by atoms with Crippen LogP contribution in [-0.4, -0.2) is 41.6 Å². The molecule has 1 unspecified atom stereocenters. The van der Waals surface area contributed by atoms with Crippen molar-refractivity contribution >= 4 is 37.8 Å². The number of nitrogens with two attached hydrogens (primary N) is 1. The van der Waals surface area contributed by atoms with Gasteiger partial charge in [0.05, 0.1) is 17.1 Å². The average molecular weight is 535 g/mol. The van der Waals surface area contributed by atoms with E-state index in [-0.39, 0.29) is 22.9 Å². The molecular formula is C23H27BrN4O4S. The highest BCUT2D eigenvalue weighted by molar-refractivity contribution is 9.10. The fraction of sp³-hybridized carbons (Fsp3) is 0.348. The second-order valence-corrected chi connectivity index (χ2v) is 10.8. The van der Waals surface area contributed by atoms with E-state index in [0.29, 0.717) is 29.4 Å². The smallest absolute Gasteiger partial charge is 0.248 e. The van der Waals surface area contributed by atoms with Gasteiger partial charge < -0.3 is 11.1 Å². The van der Waals surface area contributed by atoms with E-state index in [1.165, 1.54) is 22.5 Å². The number of benzene rings is 1. The summed E-state index contributed by atoms with van der Waals surface area (Å²) >= 11 is 3.26. The Morgan fingerprint density at radius 3 is 2.73 bits per heavy atom. The lowest BCUT2D eigenvalue weighted by molar-refractivity contribution is -0.126. The predicted octanol–water partition coefficient (Wildman–Crippen LogP) is 2.99.